The molecule has 0 saturated heterocycles. The van der Waals surface area contributed by atoms with E-state index >= 15 is 0 Å². The van der Waals surface area contributed by atoms with E-state index in [2.05, 4.69) is 26.3 Å². The third kappa shape index (κ3) is 2.59. The third-order valence-corrected chi connectivity index (χ3v) is 3.21. The highest BCUT2D eigenvalue weighted by molar-refractivity contribution is 5.63. The van der Waals surface area contributed by atoms with Crippen molar-refractivity contribution in [2.45, 2.75) is 25.7 Å². The number of hydrogen-bond acceptors (Lipinski definition) is 5. The molecule has 3 rings (SSSR count). The highest BCUT2D eigenvalue weighted by Gasteiger charge is 2.27. The normalized spacial score (nSPS) is 13.8. The summed E-state index contributed by atoms with van der Waals surface area (Å²) in [4.78, 5) is 13.3. The van der Waals surface area contributed by atoms with Crippen LogP contribution in [0.3, 0.4) is 0 Å². The fraction of sp³-hybridized carbons (Fsp3) is 0.333. The molecule has 0 spiro atoms. The third-order valence-electron chi connectivity index (χ3n) is 3.21. The molecule has 0 unspecified atom stereocenters. The minimum absolute atomic E-state index is 0.486. The molecule has 2 aromatic rings. The summed E-state index contributed by atoms with van der Waals surface area (Å²) in [5, 5.41) is 12.2. The van der Waals surface area contributed by atoms with Crippen LogP contribution in [-0.4, -0.2) is 21.5 Å². The van der Waals surface area contributed by atoms with Crippen molar-refractivity contribution in [3.8, 4) is 17.3 Å². The smallest absolute Gasteiger partial charge is 0.134 e. The van der Waals surface area contributed by atoms with E-state index in [4.69, 9.17) is 5.26 Å². The molecule has 1 fully saturated rings. The van der Waals surface area contributed by atoms with Crippen LogP contribution in [0.2, 0.25) is 0 Å². The minimum atomic E-state index is 0.486. The Morgan fingerprint density at radius 1 is 1.30 bits per heavy atom. The lowest BCUT2D eigenvalue weighted by molar-refractivity contribution is 0.927. The van der Waals surface area contributed by atoms with Crippen LogP contribution >= 0.6 is 0 Å². The highest BCUT2D eigenvalue weighted by Crippen LogP contribution is 2.39. The van der Waals surface area contributed by atoms with Crippen molar-refractivity contribution in [1.82, 2.24) is 15.0 Å². The molecule has 100 valence electrons. The topological polar surface area (TPSA) is 74.5 Å². The number of aromatic nitrogens is 3. The van der Waals surface area contributed by atoms with Crippen LogP contribution in [0.15, 0.2) is 24.5 Å². The zero-order valence-corrected chi connectivity index (χ0v) is 11.3. The Morgan fingerprint density at radius 2 is 2.15 bits per heavy atom. The molecule has 5 heteroatoms. The van der Waals surface area contributed by atoms with E-state index in [9.17, 15) is 0 Å². The minimum Gasteiger partial charge on any atom is -0.370 e. The van der Waals surface area contributed by atoms with Crippen LogP contribution in [0, 0.1) is 11.3 Å². The maximum atomic E-state index is 8.97. The van der Waals surface area contributed by atoms with Gasteiger partial charge in [0.2, 0.25) is 0 Å². The van der Waals surface area contributed by atoms with Crippen LogP contribution < -0.4 is 5.32 Å². The Morgan fingerprint density at radius 3 is 2.85 bits per heavy atom. The van der Waals surface area contributed by atoms with Crippen molar-refractivity contribution in [3.63, 3.8) is 0 Å². The lowest BCUT2D eigenvalue weighted by atomic mass is 10.1. The van der Waals surface area contributed by atoms with Gasteiger partial charge in [-0.05, 0) is 25.8 Å². The van der Waals surface area contributed by atoms with Crippen molar-refractivity contribution >= 4 is 5.82 Å². The summed E-state index contributed by atoms with van der Waals surface area (Å²) in [7, 11) is 0. The van der Waals surface area contributed by atoms with Gasteiger partial charge in [-0.1, -0.05) is 0 Å². The summed E-state index contributed by atoms with van der Waals surface area (Å²) in [6, 6.07) is 5.82. The summed E-state index contributed by atoms with van der Waals surface area (Å²) >= 11 is 0. The molecule has 1 saturated carbocycles. The summed E-state index contributed by atoms with van der Waals surface area (Å²) < 4.78 is 0. The SMILES string of the molecule is CCNc1cc(-c2cncc(C#N)c2)nc(C2CC2)n1. The zero-order valence-electron chi connectivity index (χ0n) is 11.3. The van der Waals surface area contributed by atoms with Crippen LogP contribution in [0.1, 0.15) is 37.1 Å². The van der Waals surface area contributed by atoms with Gasteiger partial charge in [-0.15, -0.1) is 0 Å². The van der Waals surface area contributed by atoms with Crippen LogP contribution in [0.5, 0.6) is 0 Å². The maximum absolute atomic E-state index is 8.97. The molecule has 0 bridgehead atoms. The van der Waals surface area contributed by atoms with Crippen LogP contribution in [-0.2, 0) is 0 Å². The van der Waals surface area contributed by atoms with Gasteiger partial charge < -0.3 is 5.32 Å². The number of pyridine rings is 1. The summed E-state index contributed by atoms with van der Waals surface area (Å²) in [6.45, 7) is 2.85. The van der Waals surface area contributed by atoms with E-state index in [0.717, 1.165) is 42.3 Å². The van der Waals surface area contributed by atoms with E-state index in [1.165, 1.54) is 0 Å². The quantitative estimate of drug-likeness (QED) is 0.920. The Balaban J connectivity index is 2.04. The van der Waals surface area contributed by atoms with E-state index in [1.807, 2.05) is 19.1 Å². The lowest BCUT2D eigenvalue weighted by Gasteiger charge is -2.08. The molecule has 2 aromatic heterocycles. The second-order valence-electron chi connectivity index (χ2n) is 4.88. The molecule has 0 aromatic carbocycles. The van der Waals surface area contributed by atoms with Gasteiger partial charge in [-0.3, -0.25) is 4.98 Å². The van der Waals surface area contributed by atoms with Crippen molar-refractivity contribution in [2.75, 3.05) is 11.9 Å². The predicted molar refractivity (Wildman–Crippen MR) is 76.1 cm³/mol. The summed E-state index contributed by atoms with van der Waals surface area (Å²) in [6.07, 6.45) is 5.60. The monoisotopic (exact) mass is 265 g/mol. The van der Waals surface area contributed by atoms with Crippen molar-refractivity contribution in [3.05, 3.63) is 35.9 Å². The van der Waals surface area contributed by atoms with Gasteiger partial charge in [-0.2, -0.15) is 5.26 Å². The maximum Gasteiger partial charge on any atom is 0.134 e. The highest BCUT2D eigenvalue weighted by atomic mass is 15.0. The summed E-state index contributed by atoms with van der Waals surface area (Å²) in [5.74, 6) is 2.21. The molecule has 1 N–H and O–H groups in total. The standard InChI is InChI=1S/C15H15N5/c1-2-18-14-6-13(19-15(20-14)11-3-4-11)12-5-10(7-16)8-17-9-12/h5-6,8-9,11H,2-4H2,1H3,(H,18,19,20). The van der Waals surface area contributed by atoms with Gasteiger partial charge in [0.25, 0.3) is 0 Å². The van der Waals surface area contributed by atoms with Gasteiger partial charge in [0.05, 0.1) is 11.3 Å². The number of hydrogen-bond donors (Lipinski definition) is 1. The van der Waals surface area contributed by atoms with E-state index in [0.29, 0.717) is 11.5 Å². The Labute approximate surface area is 117 Å². The molecule has 2 heterocycles. The predicted octanol–water partition coefficient (Wildman–Crippen LogP) is 2.72. The molecule has 1 aliphatic carbocycles. The Bertz CT molecular complexity index is 670. The molecule has 0 aliphatic heterocycles. The van der Waals surface area contributed by atoms with Crippen LogP contribution in [0.25, 0.3) is 11.3 Å². The number of nitrogens with zero attached hydrogens (tertiary/aromatic N) is 4. The average Bonchev–Trinajstić information content (AvgIpc) is 3.32. The second-order valence-corrected chi connectivity index (χ2v) is 4.88. The molecule has 0 radical (unpaired) electrons. The first-order valence-electron chi connectivity index (χ1n) is 6.78. The van der Waals surface area contributed by atoms with Gasteiger partial charge in [0.1, 0.15) is 17.7 Å². The Kier molecular flexibility index (Phi) is 3.30. The average molecular weight is 265 g/mol. The first-order valence-corrected chi connectivity index (χ1v) is 6.78. The number of nitriles is 1. The first-order chi connectivity index (χ1) is 9.80. The van der Waals surface area contributed by atoms with Gasteiger partial charge in [0, 0.05) is 36.5 Å². The fourth-order valence-electron chi connectivity index (χ4n) is 2.05. The van der Waals surface area contributed by atoms with Crippen LogP contribution in [0.4, 0.5) is 5.82 Å². The summed E-state index contributed by atoms with van der Waals surface area (Å²) in [5.41, 5.74) is 2.22. The molecular weight excluding hydrogens is 250 g/mol. The van der Waals surface area contributed by atoms with Gasteiger partial charge in [0.15, 0.2) is 0 Å². The first kappa shape index (κ1) is 12.5. The fourth-order valence-corrected chi connectivity index (χ4v) is 2.05. The molecular formula is C15H15N5. The molecule has 5 nitrogen and oxygen atoms in total. The second kappa shape index (κ2) is 5.25. The van der Waals surface area contributed by atoms with Crippen molar-refractivity contribution in [2.24, 2.45) is 0 Å². The van der Waals surface area contributed by atoms with E-state index < -0.39 is 0 Å². The van der Waals surface area contributed by atoms with Gasteiger partial charge in [-0.25, -0.2) is 9.97 Å². The zero-order chi connectivity index (χ0) is 13.9. The van der Waals surface area contributed by atoms with Gasteiger partial charge >= 0.3 is 0 Å². The largest absolute Gasteiger partial charge is 0.370 e. The van der Waals surface area contributed by atoms with Crippen molar-refractivity contribution < 1.29 is 0 Å². The van der Waals surface area contributed by atoms with E-state index in [1.54, 1.807) is 12.4 Å². The number of anilines is 1. The Hall–Kier alpha value is -2.48. The molecule has 0 atom stereocenters. The molecule has 0 amide bonds. The lowest BCUT2D eigenvalue weighted by Crippen LogP contribution is -2.04. The number of rotatable bonds is 4. The van der Waals surface area contributed by atoms with E-state index in [-0.39, 0.29) is 0 Å². The van der Waals surface area contributed by atoms with Crippen molar-refractivity contribution in [1.29, 1.82) is 5.26 Å². The number of nitrogens with one attached hydrogen (secondary N) is 1. The molecule has 20 heavy (non-hydrogen) atoms. The molecule has 1 aliphatic rings.